The molecule has 5 N–H and O–H groups in total. The zero-order chi connectivity index (χ0) is 17.6. The van der Waals surface area contributed by atoms with Gasteiger partial charge >= 0.3 is 39.0 Å². The summed E-state index contributed by atoms with van der Waals surface area (Å²) in [6.07, 6.45) is 4.25. The average Bonchev–Trinajstić information content (AvgIpc) is 2.50. The van der Waals surface area contributed by atoms with Crippen molar-refractivity contribution in [2.45, 2.75) is 37.8 Å². The van der Waals surface area contributed by atoms with E-state index < -0.39 is 29.0 Å². The van der Waals surface area contributed by atoms with E-state index in [2.05, 4.69) is 0 Å². The molecule has 1 aliphatic rings. The Balaban J connectivity index is 0.000000498. The number of carboxylic acids is 3. The Kier molecular flexibility index (Phi) is 9.43. The molecule has 1 fully saturated rings. The van der Waals surface area contributed by atoms with Gasteiger partial charge < -0.3 is 26.8 Å². The molecule has 0 aliphatic heterocycles. The minimum absolute atomic E-state index is 0. The number of aromatic carboxylic acids is 3. The predicted molar refractivity (Wildman–Crippen MR) is 82.0 cm³/mol. The second-order valence-corrected chi connectivity index (χ2v) is 5.17. The van der Waals surface area contributed by atoms with Crippen LogP contribution in [0.15, 0.2) is 18.2 Å². The van der Waals surface area contributed by atoms with Gasteiger partial charge in [0.1, 0.15) is 0 Å². The van der Waals surface area contributed by atoms with Gasteiger partial charge in [0, 0.05) is 0 Å². The van der Waals surface area contributed by atoms with Crippen LogP contribution in [0.5, 0.6) is 0 Å². The smallest absolute Gasteiger partial charge is 0.676 e. The van der Waals surface area contributed by atoms with Crippen molar-refractivity contribution in [3.05, 3.63) is 46.4 Å². The molecule has 9 heteroatoms. The van der Waals surface area contributed by atoms with E-state index in [0.717, 1.165) is 31.0 Å². The molecule has 24 heavy (non-hydrogen) atoms. The third-order valence-electron chi connectivity index (χ3n) is 3.49. The molecule has 0 spiro atoms. The molecule has 2 atom stereocenters. The van der Waals surface area contributed by atoms with E-state index in [-0.39, 0.29) is 38.7 Å². The molecule has 1 aliphatic carbocycles. The Morgan fingerprint density at radius 1 is 0.833 bits per heavy atom. The fourth-order valence-electron chi connectivity index (χ4n) is 2.17. The zero-order valence-electron chi connectivity index (χ0n) is 12.6. The second-order valence-electron chi connectivity index (χ2n) is 5.17. The number of nitrogens with one attached hydrogen (secondary N) is 2. The van der Waals surface area contributed by atoms with E-state index in [1.807, 2.05) is 0 Å². The van der Waals surface area contributed by atoms with Crippen molar-refractivity contribution >= 4 is 17.9 Å². The Morgan fingerprint density at radius 2 is 1.29 bits per heavy atom. The standard InChI is InChI=1S/C9H6O6.C6H12N2.Pt/c10-7(11)4-1-2-5(8(12)13)6(3-4)9(14)15;7-5-3-1-2-4-6(5)8;/h1-3H,(H,10,11)(H,12,13)(H,14,15);5-8H,1-4H2;/q;-2;+2. The van der Waals surface area contributed by atoms with Gasteiger partial charge in [0.05, 0.1) is 16.7 Å². The van der Waals surface area contributed by atoms with E-state index in [9.17, 15) is 14.4 Å². The summed E-state index contributed by atoms with van der Waals surface area (Å²) in [5.41, 5.74) is 13.3. The minimum atomic E-state index is -1.48. The van der Waals surface area contributed by atoms with Gasteiger partial charge in [-0.1, -0.05) is 25.7 Å². The summed E-state index contributed by atoms with van der Waals surface area (Å²) in [4.78, 5) is 31.8. The Labute approximate surface area is 153 Å². The number of hydrogen-bond acceptors (Lipinski definition) is 3. The molecule has 0 heterocycles. The Morgan fingerprint density at radius 3 is 1.62 bits per heavy atom. The average molecular weight is 517 g/mol. The van der Waals surface area contributed by atoms with Crippen molar-refractivity contribution in [3.63, 3.8) is 0 Å². The largest absolute Gasteiger partial charge is 2.00 e. The summed E-state index contributed by atoms with van der Waals surface area (Å²) in [5.74, 6) is -4.20. The van der Waals surface area contributed by atoms with E-state index in [1.165, 1.54) is 12.8 Å². The van der Waals surface area contributed by atoms with E-state index in [0.29, 0.717) is 0 Å². The van der Waals surface area contributed by atoms with Gasteiger partial charge in [0.25, 0.3) is 0 Å². The maximum atomic E-state index is 10.6. The van der Waals surface area contributed by atoms with E-state index in [4.69, 9.17) is 26.8 Å². The SMILES string of the molecule is O=C(O)c1ccc(C(=O)O)c(C(=O)O)c1.[NH-]C1CCCCC1[NH-].[Pt+2]. The maximum absolute atomic E-state index is 10.6. The van der Waals surface area contributed by atoms with Gasteiger partial charge in [-0.15, -0.1) is 0 Å². The molecule has 0 radical (unpaired) electrons. The van der Waals surface area contributed by atoms with Crippen LogP contribution in [0.25, 0.3) is 11.5 Å². The van der Waals surface area contributed by atoms with Crippen molar-refractivity contribution < 1.29 is 50.8 Å². The van der Waals surface area contributed by atoms with Crippen LogP contribution in [0.3, 0.4) is 0 Å². The van der Waals surface area contributed by atoms with Crippen LogP contribution < -0.4 is 0 Å². The van der Waals surface area contributed by atoms with Crippen molar-refractivity contribution in [2.75, 3.05) is 0 Å². The van der Waals surface area contributed by atoms with Crippen LogP contribution in [0.2, 0.25) is 0 Å². The topological polar surface area (TPSA) is 160 Å². The first kappa shape index (κ1) is 22.2. The van der Waals surface area contributed by atoms with Crippen LogP contribution >= 0.6 is 0 Å². The molecule has 1 saturated carbocycles. The molecule has 2 unspecified atom stereocenters. The van der Waals surface area contributed by atoms with Gasteiger partial charge in [-0.25, -0.2) is 14.4 Å². The molecule has 2 rings (SSSR count). The quantitative estimate of drug-likeness (QED) is 0.558. The molecule has 0 amide bonds. The number of benzene rings is 1. The van der Waals surface area contributed by atoms with Gasteiger partial charge in [0.2, 0.25) is 0 Å². The summed E-state index contributed by atoms with van der Waals surface area (Å²) < 4.78 is 0. The number of hydrogen-bond donors (Lipinski definition) is 3. The fourth-order valence-corrected chi connectivity index (χ4v) is 2.17. The number of carbonyl (C=O) groups is 3. The fraction of sp³-hybridized carbons (Fsp3) is 0.400. The van der Waals surface area contributed by atoms with Crippen molar-refractivity contribution in [1.29, 1.82) is 0 Å². The summed E-state index contributed by atoms with van der Waals surface area (Å²) >= 11 is 0. The van der Waals surface area contributed by atoms with E-state index >= 15 is 0 Å². The van der Waals surface area contributed by atoms with E-state index in [1.54, 1.807) is 0 Å². The molecule has 0 saturated heterocycles. The van der Waals surface area contributed by atoms with Crippen molar-refractivity contribution in [1.82, 2.24) is 0 Å². The third kappa shape index (κ3) is 6.39. The van der Waals surface area contributed by atoms with Crippen LogP contribution in [0, 0.1) is 0 Å². The predicted octanol–water partition coefficient (Wildman–Crippen LogP) is 3.18. The van der Waals surface area contributed by atoms with Crippen LogP contribution in [-0.4, -0.2) is 45.3 Å². The summed E-state index contributed by atoms with van der Waals surface area (Å²) in [6.45, 7) is 0. The molecular formula is C15H18N2O6Pt. The minimum Gasteiger partial charge on any atom is -0.676 e. The van der Waals surface area contributed by atoms with Crippen LogP contribution in [0.1, 0.15) is 56.8 Å². The summed E-state index contributed by atoms with van der Waals surface area (Å²) in [7, 11) is 0. The molecule has 1 aromatic carbocycles. The summed E-state index contributed by atoms with van der Waals surface area (Å²) in [5, 5.41) is 25.9. The normalized spacial score (nSPS) is 19.2. The number of rotatable bonds is 3. The molecule has 8 nitrogen and oxygen atoms in total. The zero-order valence-corrected chi connectivity index (χ0v) is 14.9. The first-order chi connectivity index (χ1) is 10.7. The Bertz CT molecular complexity index is 598. The van der Waals surface area contributed by atoms with Gasteiger partial charge in [0.15, 0.2) is 0 Å². The molecular weight excluding hydrogens is 499 g/mol. The number of carboxylic acid groups (broad SMARTS) is 3. The maximum Gasteiger partial charge on any atom is 2.00 e. The van der Waals surface area contributed by atoms with Crippen LogP contribution in [-0.2, 0) is 21.1 Å². The second kappa shape index (κ2) is 10.2. The van der Waals surface area contributed by atoms with Crippen molar-refractivity contribution in [2.24, 2.45) is 0 Å². The van der Waals surface area contributed by atoms with Gasteiger partial charge in [-0.3, -0.25) is 0 Å². The van der Waals surface area contributed by atoms with Crippen molar-refractivity contribution in [3.8, 4) is 0 Å². The molecule has 134 valence electrons. The van der Waals surface area contributed by atoms with Crippen LogP contribution in [0.4, 0.5) is 0 Å². The molecule has 0 bridgehead atoms. The molecule has 0 aromatic heterocycles. The Hall–Kier alpha value is -1.76. The van der Waals surface area contributed by atoms with Gasteiger partial charge in [-0.2, -0.15) is 12.1 Å². The monoisotopic (exact) mass is 517 g/mol. The van der Waals surface area contributed by atoms with Gasteiger partial charge in [-0.05, 0) is 18.2 Å². The first-order valence-corrected chi connectivity index (χ1v) is 7.00. The first-order valence-electron chi connectivity index (χ1n) is 7.00. The third-order valence-corrected chi connectivity index (χ3v) is 3.49. The summed E-state index contributed by atoms with van der Waals surface area (Å²) in [6, 6.07) is 2.65. The molecule has 1 aromatic rings.